The maximum atomic E-state index is 12.7. The number of aromatic nitrogens is 4. The molecule has 2 heterocycles. The number of alkyl halides is 6. The van der Waals surface area contributed by atoms with Gasteiger partial charge in [-0.1, -0.05) is 0 Å². The van der Waals surface area contributed by atoms with Crippen molar-refractivity contribution in [2.24, 2.45) is 0 Å². The van der Waals surface area contributed by atoms with Crippen molar-refractivity contribution in [3.05, 3.63) is 18.1 Å². The van der Waals surface area contributed by atoms with E-state index in [0.29, 0.717) is 6.07 Å². The summed E-state index contributed by atoms with van der Waals surface area (Å²) < 4.78 is 75.7. The van der Waals surface area contributed by atoms with Gasteiger partial charge in [0.2, 0.25) is 0 Å². The first-order valence-electron chi connectivity index (χ1n) is 5.64. The van der Waals surface area contributed by atoms with Gasteiger partial charge >= 0.3 is 12.4 Å². The molecule has 2 aromatic rings. The lowest BCUT2D eigenvalue weighted by Crippen LogP contribution is -2.26. The van der Waals surface area contributed by atoms with Crippen molar-refractivity contribution in [2.45, 2.75) is 18.8 Å². The van der Waals surface area contributed by atoms with Gasteiger partial charge in [-0.05, 0) is 0 Å². The number of hydrogen-bond acceptors (Lipinski definition) is 4. The Morgan fingerprint density at radius 1 is 1.19 bits per heavy atom. The minimum atomic E-state index is -4.73. The lowest BCUT2D eigenvalue weighted by atomic mass is 10.3. The molecule has 21 heavy (non-hydrogen) atoms. The number of hydrogen-bond donors (Lipinski definition) is 0. The van der Waals surface area contributed by atoms with Gasteiger partial charge < -0.3 is 4.90 Å². The summed E-state index contributed by atoms with van der Waals surface area (Å²) in [5.74, 6) is -0.507. The molecule has 0 aromatic carbocycles. The van der Waals surface area contributed by atoms with Crippen LogP contribution in [0, 0.1) is 0 Å². The first kappa shape index (κ1) is 15.3. The van der Waals surface area contributed by atoms with Crippen LogP contribution in [0.2, 0.25) is 0 Å². The molecule has 0 saturated carbocycles. The molecule has 116 valence electrons. The summed E-state index contributed by atoms with van der Waals surface area (Å²) >= 11 is 0. The molecule has 0 radical (unpaired) electrons. The SMILES string of the molecule is CN(CCC(F)(F)F)c1cc(C(F)(F)F)nc2ncnn12. The molecular formula is C10H9F6N5. The lowest BCUT2D eigenvalue weighted by Gasteiger charge is -2.21. The second-order valence-electron chi connectivity index (χ2n) is 4.26. The fourth-order valence-corrected chi connectivity index (χ4v) is 1.62. The van der Waals surface area contributed by atoms with Crippen molar-refractivity contribution in [3.63, 3.8) is 0 Å². The van der Waals surface area contributed by atoms with Gasteiger partial charge in [0.25, 0.3) is 5.78 Å². The third-order valence-corrected chi connectivity index (χ3v) is 2.65. The minimum absolute atomic E-state index is 0.172. The Kier molecular flexibility index (Phi) is 3.68. The second kappa shape index (κ2) is 5.04. The molecule has 0 amide bonds. The Morgan fingerprint density at radius 2 is 1.86 bits per heavy atom. The Morgan fingerprint density at radius 3 is 2.43 bits per heavy atom. The van der Waals surface area contributed by atoms with Crippen LogP contribution in [0.25, 0.3) is 5.78 Å². The summed E-state index contributed by atoms with van der Waals surface area (Å²) in [4.78, 5) is 7.83. The third-order valence-electron chi connectivity index (χ3n) is 2.65. The number of fused-ring (bicyclic) bond motifs is 1. The van der Waals surface area contributed by atoms with Crippen LogP contribution in [0.1, 0.15) is 12.1 Å². The molecule has 0 aliphatic rings. The van der Waals surface area contributed by atoms with Gasteiger partial charge in [0.1, 0.15) is 12.1 Å². The van der Waals surface area contributed by atoms with E-state index in [-0.39, 0.29) is 11.6 Å². The lowest BCUT2D eigenvalue weighted by molar-refractivity contribution is -0.141. The predicted octanol–water partition coefficient (Wildman–Crippen LogP) is 2.53. The smallest absolute Gasteiger partial charge is 0.359 e. The fraction of sp³-hybridized carbons (Fsp3) is 0.500. The topological polar surface area (TPSA) is 46.3 Å². The number of rotatable bonds is 3. The second-order valence-corrected chi connectivity index (χ2v) is 4.26. The molecule has 2 aromatic heterocycles. The normalized spacial score (nSPS) is 12.9. The quantitative estimate of drug-likeness (QED) is 0.817. The van der Waals surface area contributed by atoms with Crippen LogP contribution in [-0.4, -0.2) is 39.4 Å². The van der Waals surface area contributed by atoms with Crippen LogP contribution in [-0.2, 0) is 6.18 Å². The molecule has 0 spiro atoms. The van der Waals surface area contributed by atoms with E-state index in [9.17, 15) is 26.3 Å². The largest absolute Gasteiger partial charge is 0.433 e. The number of nitrogens with zero attached hydrogens (tertiary/aromatic N) is 5. The molecule has 0 unspecified atom stereocenters. The summed E-state index contributed by atoms with van der Waals surface area (Å²) in [6.45, 7) is -0.514. The van der Waals surface area contributed by atoms with Gasteiger partial charge in [-0.25, -0.2) is 4.98 Å². The van der Waals surface area contributed by atoms with Crippen molar-refractivity contribution >= 4 is 11.6 Å². The average Bonchev–Trinajstić information content (AvgIpc) is 2.80. The van der Waals surface area contributed by atoms with Crippen molar-refractivity contribution < 1.29 is 26.3 Å². The summed E-state index contributed by atoms with van der Waals surface area (Å²) in [5.41, 5.74) is -1.24. The van der Waals surface area contributed by atoms with E-state index in [0.717, 1.165) is 15.7 Å². The molecule has 0 bridgehead atoms. The zero-order chi connectivity index (χ0) is 15.8. The molecule has 11 heteroatoms. The molecule has 0 aliphatic carbocycles. The first-order valence-corrected chi connectivity index (χ1v) is 5.64. The molecular weight excluding hydrogens is 304 g/mol. The Balaban J connectivity index is 2.39. The van der Waals surface area contributed by atoms with Gasteiger partial charge in [-0.3, -0.25) is 0 Å². The molecule has 2 rings (SSSR count). The van der Waals surface area contributed by atoms with Crippen molar-refractivity contribution in [2.75, 3.05) is 18.5 Å². The molecule has 5 nitrogen and oxygen atoms in total. The van der Waals surface area contributed by atoms with Gasteiger partial charge in [0.05, 0.1) is 6.42 Å². The number of anilines is 1. The van der Waals surface area contributed by atoms with E-state index in [1.165, 1.54) is 7.05 Å². The van der Waals surface area contributed by atoms with E-state index in [4.69, 9.17) is 0 Å². The molecule has 0 atom stereocenters. The van der Waals surface area contributed by atoms with Crippen LogP contribution < -0.4 is 4.90 Å². The third kappa shape index (κ3) is 3.52. The van der Waals surface area contributed by atoms with Crippen LogP contribution in [0.3, 0.4) is 0 Å². The van der Waals surface area contributed by atoms with Gasteiger partial charge in [-0.2, -0.15) is 40.9 Å². The van der Waals surface area contributed by atoms with Crippen molar-refractivity contribution in [3.8, 4) is 0 Å². The van der Waals surface area contributed by atoms with Gasteiger partial charge in [0.15, 0.2) is 5.69 Å². The fourth-order valence-electron chi connectivity index (χ4n) is 1.62. The Labute approximate surface area is 114 Å². The van der Waals surface area contributed by atoms with Crippen molar-refractivity contribution in [1.82, 2.24) is 19.6 Å². The summed E-state index contributed by atoms with van der Waals surface area (Å²) in [7, 11) is 1.24. The van der Waals surface area contributed by atoms with Crippen LogP contribution >= 0.6 is 0 Å². The highest BCUT2D eigenvalue weighted by molar-refractivity contribution is 5.47. The van der Waals surface area contributed by atoms with E-state index in [2.05, 4.69) is 15.1 Å². The summed E-state index contributed by atoms with van der Waals surface area (Å²) in [6, 6.07) is 0.637. The zero-order valence-electron chi connectivity index (χ0n) is 10.6. The molecule has 0 saturated heterocycles. The monoisotopic (exact) mass is 313 g/mol. The number of halogens is 6. The molecule has 0 aliphatic heterocycles. The summed E-state index contributed by atoms with van der Waals surface area (Å²) in [6.07, 6.45) is -9.32. The van der Waals surface area contributed by atoms with E-state index in [1.807, 2.05) is 0 Å². The molecule has 0 N–H and O–H groups in total. The highest BCUT2D eigenvalue weighted by Gasteiger charge is 2.35. The first-order chi connectivity index (χ1) is 9.58. The zero-order valence-corrected chi connectivity index (χ0v) is 10.6. The maximum Gasteiger partial charge on any atom is 0.433 e. The van der Waals surface area contributed by atoms with E-state index >= 15 is 0 Å². The Hall–Kier alpha value is -2.07. The van der Waals surface area contributed by atoms with E-state index < -0.39 is 31.0 Å². The average molecular weight is 313 g/mol. The van der Waals surface area contributed by atoms with Gasteiger partial charge in [-0.15, -0.1) is 0 Å². The van der Waals surface area contributed by atoms with Crippen LogP contribution in [0.4, 0.5) is 32.2 Å². The predicted molar refractivity (Wildman–Crippen MR) is 59.7 cm³/mol. The molecule has 0 fully saturated rings. The van der Waals surface area contributed by atoms with E-state index in [1.54, 1.807) is 0 Å². The highest BCUT2D eigenvalue weighted by Crippen LogP contribution is 2.30. The van der Waals surface area contributed by atoms with Crippen molar-refractivity contribution in [1.29, 1.82) is 0 Å². The van der Waals surface area contributed by atoms with Crippen LogP contribution in [0.15, 0.2) is 12.4 Å². The Bertz CT molecular complexity index is 631. The minimum Gasteiger partial charge on any atom is -0.359 e. The van der Waals surface area contributed by atoms with Crippen LogP contribution in [0.5, 0.6) is 0 Å². The van der Waals surface area contributed by atoms with Gasteiger partial charge in [0, 0.05) is 19.7 Å². The summed E-state index contributed by atoms with van der Waals surface area (Å²) in [5, 5.41) is 3.66. The maximum absolute atomic E-state index is 12.7. The standard InChI is InChI=1S/C10H9F6N5/c1-20(3-2-9(11,12)13)7-4-6(10(14,15)16)19-8-17-5-18-21(7)8/h4-5H,2-3H2,1H3. The highest BCUT2D eigenvalue weighted by atomic mass is 19.4.